The van der Waals surface area contributed by atoms with Gasteiger partial charge < -0.3 is 5.11 Å². The minimum atomic E-state index is -0.333. The van der Waals surface area contributed by atoms with Crippen molar-refractivity contribution in [1.82, 2.24) is 9.97 Å². The molecule has 2 aromatic heterocycles. The third kappa shape index (κ3) is 3.39. The molecule has 3 nitrogen and oxygen atoms in total. The third-order valence-electron chi connectivity index (χ3n) is 5.13. The summed E-state index contributed by atoms with van der Waals surface area (Å²) in [5.74, 6) is 0.313. The quantitative estimate of drug-likeness (QED) is 0.493. The molecule has 0 fully saturated rings. The first-order valence-electron chi connectivity index (χ1n) is 9.33. The zero-order valence-electron chi connectivity index (χ0n) is 16.0. The largest absolute Gasteiger partial charge is 0.508 e. The summed E-state index contributed by atoms with van der Waals surface area (Å²) in [7, 11) is 0. The maximum atomic E-state index is 10.3. The van der Waals surface area contributed by atoms with Crippen molar-refractivity contribution in [3.63, 3.8) is 0 Å². The Balaban J connectivity index is 1.75. The molecule has 0 unspecified atom stereocenters. The molecule has 0 saturated heterocycles. The molecule has 4 rings (SSSR count). The second kappa shape index (κ2) is 7.28. The fourth-order valence-electron chi connectivity index (χ4n) is 3.48. The molecule has 2 heterocycles. The molecule has 0 bridgehead atoms. The lowest BCUT2D eigenvalue weighted by Gasteiger charge is -2.27. The molecule has 3 heteroatoms. The molecule has 0 aliphatic heterocycles. The van der Waals surface area contributed by atoms with E-state index >= 15 is 0 Å². The normalized spacial score (nSPS) is 11.4. The van der Waals surface area contributed by atoms with Crippen molar-refractivity contribution in [1.29, 1.82) is 0 Å². The van der Waals surface area contributed by atoms with Crippen LogP contribution in [-0.4, -0.2) is 15.1 Å². The molecule has 28 heavy (non-hydrogen) atoms. The number of aromatic nitrogens is 2. The number of rotatable bonds is 4. The van der Waals surface area contributed by atoms with E-state index in [-0.39, 0.29) is 5.41 Å². The van der Waals surface area contributed by atoms with Crippen LogP contribution >= 0.6 is 0 Å². The summed E-state index contributed by atoms with van der Waals surface area (Å²) in [5, 5.41) is 10.3. The highest BCUT2D eigenvalue weighted by atomic mass is 16.3. The number of aromatic hydroxyl groups is 1. The van der Waals surface area contributed by atoms with Crippen LogP contribution in [0.25, 0.3) is 22.6 Å². The van der Waals surface area contributed by atoms with Gasteiger partial charge in [0.2, 0.25) is 0 Å². The van der Waals surface area contributed by atoms with E-state index in [4.69, 9.17) is 4.98 Å². The summed E-state index contributed by atoms with van der Waals surface area (Å²) in [6.45, 7) is 4.25. The van der Waals surface area contributed by atoms with Crippen LogP contribution in [-0.2, 0) is 5.41 Å². The number of phenols is 1. The zero-order valence-corrected chi connectivity index (χ0v) is 16.0. The van der Waals surface area contributed by atoms with Crippen LogP contribution in [0.4, 0.5) is 0 Å². The molecule has 0 aliphatic rings. The van der Waals surface area contributed by atoms with Gasteiger partial charge in [-0.15, -0.1) is 0 Å². The van der Waals surface area contributed by atoms with E-state index in [9.17, 15) is 5.11 Å². The summed E-state index contributed by atoms with van der Waals surface area (Å²) >= 11 is 0. The second-order valence-corrected chi connectivity index (χ2v) is 7.35. The smallest absolute Gasteiger partial charge is 0.119 e. The van der Waals surface area contributed by atoms with Gasteiger partial charge in [0.15, 0.2) is 0 Å². The Kier molecular flexibility index (Phi) is 4.66. The van der Waals surface area contributed by atoms with Gasteiger partial charge in [0, 0.05) is 22.7 Å². The van der Waals surface area contributed by atoms with Crippen LogP contribution in [0.5, 0.6) is 5.75 Å². The Bertz CT molecular complexity index is 1100. The number of nitrogens with zero attached hydrogens (tertiary/aromatic N) is 2. The fraction of sp³-hybridized carbons (Fsp3) is 0.120. The Morgan fingerprint density at radius 3 is 2.21 bits per heavy atom. The van der Waals surface area contributed by atoms with E-state index in [1.54, 1.807) is 12.3 Å². The van der Waals surface area contributed by atoms with Crippen LogP contribution in [0.2, 0.25) is 0 Å². The molecule has 0 saturated carbocycles. The molecule has 1 N–H and O–H groups in total. The highest BCUT2D eigenvalue weighted by Gasteiger charge is 2.26. The van der Waals surface area contributed by atoms with Crippen molar-refractivity contribution in [2.45, 2.75) is 19.3 Å². The highest BCUT2D eigenvalue weighted by molar-refractivity contribution is 5.65. The van der Waals surface area contributed by atoms with Crippen molar-refractivity contribution in [3.8, 4) is 28.4 Å². The lowest BCUT2D eigenvalue weighted by Crippen LogP contribution is -2.19. The van der Waals surface area contributed by atoms with Gasteiger partial charge in [-0.3, -0.25) is 4.98 Å². The predicted octanol–water partition coefficient (Wildman–Crippen LogP) is 5.84. The van der Waals surface area contributed by atoms with Crippen LogP contribution in [0.3, 0.4) is 0 Å². The van der Waals surface area contributed by atoms with Gasteiger partial charge in [-0.05, 0) is 42.0 Å². The van der Waals surface area contributed by atoms with Crippen molar-refractivity contribution in [2.24, 2.45) is 0 Å². The molecule has 0 spiro atoms. The Morgan fingerprint density at radius 2 is 1.43 bits per heavy atom. The lowest BCUT2D eigenvalue weighted by atomic mass is 9.77. The van der Waals surface area contributed by atoms with E-state index in [0.29, 0.717) is 5.75 Å². The minimum absolute atomic E-state index is 0.313. The summed E-state index contributed by atoms with van der Waals surface area (Å²) in [6.07, 6.45) is 1.78. The minimum Gasteiger partial charge on any atom is -0.508 e. The summed E-state index contributed by atoms with van der Waals surface area (Å²) in [5.41, 5.74) is 5.34. The monoisotopic (exact) mass is 366 g/mol. The Morgan fingerprint density at radius 1 is 0.714 bits per heavy atom. The average molecular weight is 366 g/mol. The predicted molar refractivity (Wildman–Crippen MR) is 113 cm³/mol. The van der Waals surface area contributed by atoms with Gasteiger partial charge in [-0.2, -0.15) is 0 Å². The van der Waals surface area contributed by atoms with Gasteiger partial charge in [-0.25, -0.2) is 4.98 Å². The standard InChI is InChI=1S/C25H22N2O/c1-25(2,20-11-3-4-15-24(20)28)19-10-7-9-18(17-19)21-13-8-14-23(27-21)22-12-5-6-16-26-22/h3-17,28H,1-2H3. The maximum absolute atomic E-state index is 10.3. The average Bonchev–Trinajstić information content (AvgIpc) is 2.75. The first-order valence-corrected chi connectivity index (χ1v) is 9.33. The molecule has 0 amide bonds. The van der Waals surface area contributed by atoms with E-state index in [1.165, 1.54) is 0 Å². The van der Waals surface area contributed by atoms with Crippen molar-refractivity contribution in [2.75, 3.05) is 0 Å². The molecule has 138 valence electrons. The van der Waals surface area contributed by atoms with Crippen molar-refractivity contribution >= 4 is 0 Å². The first kappa shape index (κ1) is 17.9. The Labute approximate surface area is 165 Å². The van der Waals surface area contributed by atoms with Gasteiger partial charge in [0.05, 0.1) is 17.1 Å². The van der Waals surface area contributed by atoms with E-state index in [1.807, 2.05) is 60.7 Å². The maximum Gasteiger partial charge on any atom is 0.119 e. The number of para-hydroxylation sites is 1. The zero-order chi connectivity index (χ0) is 19.6. The van der Waals surface area contributed by atoms with Crippen LogP contribution in [0.15, 0.2) is 91.1 Å². The van der Waals surface area contributed by atoms with Gasteiger partial charge in [0.25, 0.3) is 0 Å². The Hall–Kier alpha value is -3.46. The van der Waals surface area contributed by atoms with Crippen LogP contribution in [0, 0.1) is 0 Å². The van der Waals surface area contributed by atoms with Gasteiger partial charge in [0.1, 0.15) is 5.75 Å². The summed E-state index contributed by atoms with van der Waals surface area (Å²) < 4.78 is 0. The van der Waals surface area contributed by atoms with Crippen LogP contribution in [0.1, 0.15) is 25.0 Å². The van der Waals surface area contributed by atoms with Crippen molar-refractivity contribution < 1.29 is 5.11 Å². The lowest BCUT2D eigenvalue weighted by molar-refractivity contribution is 0.453. The van der Waals surface area contributed by atoms with E-state index < -0.39 is 0 Å². The molecular weight excluding hydrogens is 344 g/mol. The van der Waals surface area contributed by atoms with Gasteiger partial charge in [-0.1, -0.05) is 62.4 Å². The van der Waals surface area contributed by atoms with Crippen molar-refractivity contribution in [3.05, 3.63) is 102 Å². The van der Waals surface area contributed by atoms with E-state index in [2.05, 4.69) is 37.0 Å². The van der Waals surface area contributed by atoms with Gasteiger partial charge >= 0.3 is 0 Å². The fourth-order valence-corrected chi connectivity index (χ4v) is 3.48. The van der Waals surface area contributed by atoms with Crippen LogP contribution < -0.4 is 0 Å². The topological polar surface area (TPSA) is 46.0 Å². The summed E-state index contributed by atoms with van der Waals surface area (Å²) in [6, 6.07) is 27.7. The molecule has 0 radical (unpaired) electrons. The molecule has 4 aromatic rings. The van der Waals surface area contributed by atoms with E-state index in [0.717, 1.165) is 33.8 Å². The molecule has 2 aromatic carbocycles. The SMILES string of the molecule is CC(C)(c1cccc(-c2cccc(-c3ccccn3)n2)c1)c1ccccc1O. The number of phenolic OH excluding ortho intramolecular Hbond substituents is 1. The third-order valence-corrected chi connectivity index (χ3v) is 5.13. The first-order chi connectivity index (χ1) is 13.6. The number of pyridine rings is 2. The highest BCUT2D eigenvalue weighted by Crippen LogP contribution is 2.37. The molecule has 0 atom stereocenters. The number of hydrogen-bond donors (Lipinski definition) is 1. The number of benzene rings is 2. The number of hydrogen-bond acceptors (Lipinski definition) is 3. The summed E-state index contributed by atoms with van der Waals surface area (Å²) in [4.78, 5) is 9.21. The molecule has 0 aliphatic carbocycles. The second-order valence-electron chi connectivity index (χ2n) is 7.35. The molecular formula is C25H22N2O.